The topological polar surface area (TPSA) is 530 Å². The zero-order valence-corrected chi connectivity index (χ0v) is 57.1. The molecule has 12 rings (SSSR count). The molecule has 5 aromatic carbocycles. The number of fused-ring (bicyclic) bond motifs is 15. The van der Waals surface area contributed by atoms with Crippen molar-refractivity contribution in [3.05, 3.63) is 117 Å². The molecule has 550 valence electrons. The van der Waals surface area contributed by atoms with Crippen LogP contribution in [0, 0.1) is 5.92 Å². The Morgan fingerprint density at radius 3 is 1.89 bits per heavy atom. The summed E-state index contributed by atoms with van der Waals surface area (Å²) in [4.78, 5) is 117. The summed E-state index contributed by atoms with van der Waals surface area (Å²) in [6.07, 6.45) is -18.6. The van der Waals surface area contributed by atoms with Crippen LogP contribution in [0.5, 0.6) is 46.0 Å². The first kappa shape index (κ1) is 77.3. The molecule has 5 aromatic rings. The van der Waals surface area contributed by atoms with Gasteiger partial charge in [0.2, 0.25) is 53.4 Å². The molecule has 102 heavy (non-hydrogen) atoms. The number of aliphatic hydroxyl groups is 6. The van der Waals surface area contributed by atoms with Crippen molar-refractivity contribution in [3.63, 3.8) is 0 Å². The van der Waals surface area contributed by atoms with Crippen molar-refractivity contribution in [2.45, 2.75) is 156 Å². The fourth-order valence-electron chi connectivity index (χ4n) is 12.5. The molecule has 0 radical (unpaired) electrons. The number of primary amides is 1. The largest absolute Gasteiger partial charge is 0.508 e. The van der Waals surface area contributed by atoms with Gasteiger partial charge in [-0.2, -0.15) is 0 Å². The molecule has 7 heterocycles. The number of phenolic OH excluding ortho intramolecular Hbond substituents is 3. The van der Waals surface area contributed by atoms with Crippen molar-refractivity contribution >= 4 is 82.9 Å². The number of benzene rings is 5. The number of carbonyl (C=O) groups excluding carboxylic acids is 7. The van der Waals surface area contributed by atoms with Crippen molar-refractivity contribution < 1.29 is 118 Å². The lowest BCUT2D eigenvalue weighted by Gasteiger charge is -2.47. The number of carbonyl (C=O) groups is 8. The second-order valence-electron chi connectivity index (χ2n) is 25.7. The van der Waals surface area contributed by atoms with E-state index >= 15 is 14.4 Å². The van der Waals surface area contributed by atoms with Gasteiger partial charge in [-0.05, 0) is 110 Å². The molecule has 0 saturated carbocycles. The minimum Gasteiger partial charge on any atom is -0.508 e. The van der Waals surface area contributed by atoms with E-state index < -0.39 is 237 Å². The third-order valence-electron chi connectivity index (χ3n) is 17.8. The molecule has 2 saturated heterocycles. The van der Waals surface area contributed by atoms with Gasteiger partial charge in [0.25, 0.3) is 0 Å². The maximum atomic E-state index is 16.0. The van der Waals surface area contributed by atoms with Gasteiger partial charge in [-0.25, -0.2) is 4.79 Å². The number of nitrogens with one attached hydrogen (secondary N) is 7. The molecule has 2 fully saturated rings. The first-order valence-electron chi connectivity index (χ1n) is 31.6. The number of amides is 7. The number of carboxylic acid groups (broad SMARTS) is 1. The van der Waals surface area contributed by atoms with Gasteiger partial charge in [0, 0.05) is 34.7 Å². The van der Waals surface area contributed by atoms with E-state index in [0.29, 0.717) is 0 Å². The van der Waals surface area contributed by atoms with Gasteiger partial charge in [0.15, 0.2) is 29.9 Å². The molecule has 0 unspecified atom stereocenters. The van der Waals surface area contributed by atoms with Crippen molar-refractivity contribution in [2.24, 2.45) is 17.4 Å². The summed E-state index contributed by atoms with van der Waals surface area (Å²) in [5, 5.41) is 131. The van der Waals surface area contributed by atoms with Crippen LogP contribution in [0.1, 0.15) is 105 Å². The molecule has 0 aliphatic carbocycles. The van der Waals surface area contributed by atoms with Crippen LogP contribution >= 0.6 is 35.6 Å². The summed E-state index contributed by atoms with van der Waals surface area (Å²) in [7, 11) is 1.47. The molecule has 7 aliphatic heterocycles. The van der Waals surface area contributed by atoms with Gasteiger partial charge in [-0.15, -0.1) is 12.4 Å². The third kappa shape index (κ3) is 16.3. The molecule has 11 bridgehead atoms. The Hall–Kier alpha value is -8.91. The first-order chi connectivity index (χ1) is 47.7. The third-order valence-corrected chi connectivity index (χ3v) is 18.4. The highest BCUT2D eigenvalue weighted by Gasteiger charge is 2.51. The summed E-state index contributed by atoms with van der Waals surface area (Å²) < 4.78 is 38.3. The van der Waals surface area contributed by atoms with Crippen LogP contribution in [-0.4, -0.2) is 191 Å². The highest BCUT2D eigenvalue weighted by atomic mass is 35.5. The average Bonchev–Trinajstić information content (AvgIpc) is 0.773. The number of nitrogens with two attached hydrogens (primary N) is 2. The lowest BCUT2D eigenvalue weighted by Crippen LogP contribution is -2.64. The molecule has 21 N–H and O–H groups in total. The van der Waals surface area contributed by atoms with E-state index in [1.165, 1.54) is 33.0 Å². The number of aliphatic carboxylic acids is 1. The molecular weight excluding hydrogens is 1410 g/mol. The molecule has 33 nitrogen and oxygen atoms in total. The number of rotatable bonds is 13. The zero-order chi connectivity index (χ0) is 73.5. The fraction of sp³-hybridized carbons (Fsp3) is 0.424. The van der Waals surface area contributed by atoms with Gasteiger partial charge in [0.05, 0.1) is 41.3 Å². The summed E-state index contributed by atoms with van der Waals surface area (Å²) in [6, 6.07) is -0.679. The zero-order valence-electron chi connectivity index (χ0n) is 54.7. The Kier molecular flexibility index (Phi) is 23.8. The summed E-state index contributed by atoms with van der Waals surface area (Å²) in [5.41, 5.74) is 8.00. The maximum Gasteiger partial charge on any atom is 0.330 e. The minimum atomic E-state index is -2.35. The van der Waals surface area contributed by atoms with Crippen molar-refractivity contribution in [1.82, 2.24) is 37.2 Å². The Morgan fingerprint density at radius 2 is 1.31 bits per heavy atom. The number of aliphatic hydroxyl groups excluding tert-OH is 6. The van der Waals surface area contributed by atoms with E-state index in [-0.39, 0.29) is 58.6 Å². The Labute approximate surface area is 596 Å². The monoisotopic (exact) mass is 1480 g/mol. The molecule has 7 aliphatic rings. The molecule has 36 heteroatoms. The van der Waals surface area contributed by atoms with E-state index in [0.717, 1.165) is 66.7 Å². The lowest BCUT2D eigenvalue weighted by atomic mass is 9.86. The number of aromatic hydroxyl groups is 3. The summed E-state index contributed by atoms with van der Waals surface area (Å²) >= 11 is 14.1. The Morgan fingerprint density at radius 1 is 0.716 bits per heavy atom. The van der Waals surface area contributed by atoms with Crippen LogP contribution in [0.4, 0.5) is 0 Å². The minimum absolute atomic E-state index is 0. The smallest absolute Gasteiger partial charge is 0.330 e. The average molecular weight is 1490 g/mol. The normalized spacial score (nSPS) is 29.1. The molecule has 7 amide bonds. The number of ether oxygens (including phenoxy) is 6. The SMILES string of the molecule is CN[C@H](CC(C)C)C(=O)N[C@H]1C(=O)N[C@@H](CC(N)=O)C(=O)N[C@H]2C(=O)N[C@H]3C(=O)N[C@H](C(=O)N[C@@H](C(=O)O)c4cc(O)cc(O)c4-c4cc3ccc4O)[C@H](O)c3ccc(c(Cl)c3)Oc3cc2cc(c3O[C@H]2O[C@@H](CO)[C@H](O)[C@@H](O)[C@@H]2O[C@@H]2C[C@@](C)(N)[C@@H](O)[C@@H](C)O2)Oc2ccc(cc2Cl)[C@H]1O.Cl. The number of likely N-dealkylation sites (N-methyl/N-ethyl adjacent to an activating group) is 1. The molecule has 18 atom stereocenters. The van der Waals surface area contributed by atoms with Crippen LogP contribution < -0.4 is 62.9 Å². The summed E-state index contributed by atoms with van der Waals surface area (Å²) in [6.45, 7) is 5.66. The lowest BCUT2D eigenvalue weighted by molar-refractivity contribution is -0.333. The highest BCUT2D eigenvalue weighted by Crippen LogP contribution is 2.50. The van der Waals surface area contributed by atoms with Crippen LogP contribution in [0.3, 0.4) is 0 Å². The predicted octanol–water partition coefficient (Wildman–Crippen LogP) is 0.528. The Balaban J connectivity index is 0.0000121. The Bertz CT molecular complexity index is 4080. The van der Waals surface area contributed by atoms with Crippen molar-refractivity contribution in [1.29, 1.82) is 0 Å². The number of hydrogen-bond acceptors (Lipinski definition) is 25. The maximum absolute atomic E-state index is 16.0. The van der Waals surface area contributed by atoms with Gasteiger partial charge in [0.1, 0.15) is 89.5 Å². The van der Waals surface area contributed by atoms with Crippen LogP contribution in [0.25, 0.3) is 11.1 Å². The van der Waals surface area contributed by atoms with Gasteiger partial charge >= 0.3 is 5.97 Å². The molecular formula is C66H76Cl3N9O24. The van der Waals surface area contributed by atoms with Gasteiger partial charge in [-0.1, -0.05) is 55.2 Å². The standard InChI is InChI=1S/C66H75Cl2N9O24.ClH/c1-23(2)12-34(71-5)58(88)76-49-51(83)26-7-10-38(32(67)14-26)97-40-16-28-17-41(55(40)101-65-56(54(86)53(85)42(22-78)99-65)100-44-21-66(4,70)57(87)24(3)96-44)98-39-11-8-27(15-33(39)68)52(84)50-63(93)75-48(64(94)95)31-18-29(79)19-37(81)45(31)30-13-25(6-9-36(30)80)46(60(90)77-50)74-61(91)47(28)73-59(89)35(20-43(69)82)72-62(49)92;/h6-11,13-19,23-24,34-35,42,44,46-54,56-57,65,71,78-81,83-87H,12,20-22,70H2,1-5H3,(H2,69,82)(H,72,92)(H,73,89)(H,74,91)(H,75,93)(H,76,88)(H,77,90)(H,94,95);1H/t24-,34-,35+,42+,44-,46-,47-,48-,49-,50+,51-,52-,53+,54-,56+,57+,65-,66-;/m1./s1. The van der Waals surface area contributed by atoms with Gasteiger partial charge in [-0.3, -0.25) is 33.6 Å². The molecule has 0 spiro atoms. The fourth-order valence-corrected chi connectivity index (χ4v) is 12.9. The van der Waals surface area contributed by atoms with Crippen LogP contribution in [0.15, 0.2) is 78.9 Å². The second-order valence-corrected chi connectivity index (χ2v) is 26.5. The van der Waals surface area contributed by atoms with E-state index in [4.69, 9.17) is 63.1 Å². The highest BCUT2D eigenvalue weighted by molar-refractivity contribution is 6.32. The van der Waals surface area contributed by atoms with Crippen LogP contribution in [-0.2, 0) is 52.6 Å². The number of halogens is 3. The van der Waals surface area contributed by atoms with Crippen molar-refractivity contribution in [2.75, 3.05) is 13.7 Å². The van der Waals surface area contributed by atoms with E-state index in [9.17, 15) is 75.0 Å². The van der Waals surface area contributed by atoms with Crippen molar-refractivity contribution in [3.8, 4) is 57.1 Å². The number of hydrogen-bond donors (Lipinski definition) is 19. The summed E-state index contributed by atoms with van der Waals surface area (Å²) in [5.74, 6) is -16.0. The predicted molar refractivity (Wildman–Crippen MR) is 357 cm³/mol. The van der Waals surface area contributed by atoms with Crippen LogP contribution in [0.2, 0.25) is 10.0 Å². The molecule has 0 aromatic heterocycles. The van der Waals surface area contributed by atoms with E-state index in [1.807, 2.05) is 13.8 Å². The number of phenols is 3. The van der Waals surface area contributed by atoms with E-state index in [2.05, 4.69) is 37.2 Å². The first-order valence-corrected chi connectivity index (χ1v) is 32.4. The van der Waals surface area contributed by atoms with Gasteiger partial charge < -0.3 is 128 Å². The quantitative estimate of drug-likeness (QED) is 0.0764. The second kappa shape index (κ2) is 31.4. The number of carboxylic acids is 1. The van der Waals surface area contributed by atoms with E-state index in [1.54, 1.807) is 0 Å².